The van der Waals surface area contributed by atoms with Gasteiger partial charge in [-0.25, -0.2) is 0 Å². The van der Waals surface area contributed by atoms with Gasteiger partial charge in [0.1, 0.15) is 11.5 Å². The molecule has 0 aliphatic heterocycles. The van der Waals surface area contributed by atoms with Crippen LogP contribution in [0.4, 0.5) is 0 Å². The summed E-state index contributed by atoms with van der Waals surface area (Å²) in [5.74, 6) is 1.50. The summed E-state index contributed by atoms with van der Waals surface area (Å²) in [4.78, 5) is 0. The second kappa shape index (κ2) is 9.61. The Labute approximate surface area is 122 Å². The summed E-state index contributed by atoms with van der Waals surface area (Å²) >= 11 is 0. The Morgan fingerprint density at radius 1 is 1.10 bits per heavy atom. The topological polar surface area (TPSA) is 53.7 Å². The maximum Gasteiger partial charge on any atom is 0.127 e. The Balaban J connectivity index is 2.44. The number of rotatable bonds is 10. The van der Waals surface area contributed by atoms with Gasteiger partial charge in [0.2, 0.25) is 0 Å². The van der Waals surface area contributed by atoms with E-state index in [9.17, 15) is 0 Å². The molecule has 1 aromatic carbocycles. The molecule has 0 fully saturated rings. The van der Waals surface area contributed by atoms with E-state index in [1.807, 2.05) is 18.2 Å². The van der Waals surface area contributed by atoms with Gasteiger partial charge in [0.05, 0.1) is 26.9 Å². The lowest BCUT2D eigenvalue weighted by molar-refractivity contribution is 0.116. The minimum atomic E-state index is -0.179. The van der Waals surface area contributed by atoms with Gasteiger partial charge in [-0.1, -0.05) is 26.2 Å². The summed E-state index contributed by atoms with van der Waals surface area (Å²) in [5, 5.41) is 0. The first-order valence-electron chi connectivity index (χ1n) is 7.28. The van der Waals surface area contributed by atoms with Gasteiger partial charge in [-0.2, -0.15) is 0 Å². The van der Waals surface area contributed by atoms with Gasteiger partial charge in [0, 0.05) is 18.2 Å². The summed E-state index contributed by atoms with van der Waals surface area (Å²) < 4.78 is 16.2. The van der Waals surface area contributed by atoms with Crippen LogP contribution in [0, 0.1) is 0 Å². The fourth-order valence-corrected chi connectivity index (χ4v) is 2.06. The molecule has 2 N–H and O–H groups in total. The Kier molecular flexibility index (Phi) is 8.07. The van der Waals surface area contributed by atoms with Crippen molar-refractivity contribution in [2.75, 3.05) is 27.4 Å². The van der Waals surface area contributed by atoms with Crippen molar-refractivity contribution < 1.29 is 14.2 Å². The van der Waals surface area contributed by atoms with Crippen LogP contribution >= 0.6 is 0 Å². The number of unbranched alkanes of at least 4 members (excludes halogenated alkanes) is 3. The summed E-state index contributed by atoms with van der Waals surface area (Å²) in [6.45, 7) is 3.48. The summed E-state index contributed by atoms with van der Waals surface area (Å²) in [7, 11) is 3.27. The molecule has 0 heterocycles. The molecule has 0 saturated carbocycles. The van der Waals surface area contributed by atoms with Crippen molar-refractivity contribution in [3.8, 4) is 11.5 Å². The molecular formula is C16H27NO3. The van der Waals surface area contributed by atoms with Crippen LogP contribution in [0.5, 0.6) is 11.5 Å². The Bertz CT molecular complexity index is 382. The van der Waals surface area contributed by atoms with E-state index in [1.54, 1.807) is 14.2 Å². The summed E-state index contributed by atoms with van der Waals surface area (Å²) in [5.41, 5.74) is 7.10. The predicted octanol–water partition coefficient (Wildman–Crippen LogP) is 3.30. The zero-order valence-corrected chi connectivity index (χ0v) is 12.9. The van der Waals surface area contributed by atoms with Crippen molar-refractivity contribution in [1.82, 2.24) is 0 Å². The van der Waals surface area contributed by atoms with Gasteiger partial charge in [-0.3, -0.25) is 0 Å². The molecule has 4 heteroatoms. The molecule has 0 saturated heterocycles. The smallest absolute Gasteiger partial charge is 0.127 e. The molecule has 1 aromatic rings. The van der Waals surface area contributed by atoms with Crippen LogP contribution in [0.2, 0.25) is 0 Å². The molecule has 1 unspecified atom stereocenters. The average Bonchev–Trinajstić information content (AvgIpc) is 2.49. The van der Waals surface area contributed by atoms with E-state index in [0.717, 1.165) is 30.1 Å². The number of nitrogens with two attached hydrogens (primary N) is 1. The van der Waals surface area contributed by atoms with E-state index in [0.29, 0.717) is 6.61 Å². The van der Waals surface area contributed by atoms with Gasteiger partial charge in [0.25, 0.3) is 0 Å². The van der Waals surface area contributed by atoms with Crippen molar-refractivity contribution >= 4 is 0 Å². The van der Waals surface area contributed by atoms with E-state index < -0.39 is 0 Å². The first-order valence-corrected chi connectivity index (χ1v) is 7.28. The highest BCUT2D eigenvalue weighted by atomic mass is 16.5. The number of ether oxygens (including phenoxy) is 3. The molecule has 4 nitrogen and oxygen atoms in total. The molecule has 0 aliphatic carbocycles. The maximum absolute atomic E-state index is 6.16. The maximum atomic E-state index is 6.16. The Hall–Kier alpha value is -1.26. The standard InChI is InChI=1S/C16H27NO3/c1-4-5-6-7-10-20-12-15(17)14-9-8-13(18-2)11-16(14)19-3/h8-9,11,15H,4-7,10,12,17H2,1-3H3. The lowest BCUT2D eigenvalue weighted by Gasteiger charge is -2.16. The molecular weight excluding hydrogens is 254 g/mol. The van der Waals surface area contributed by atoms with Crippen LogP contribution in [0.1, 0.15) is 44.2 Å². The van der Waals surface area contributed by atoms with E-state index in [1.165, 1.54) is 19.3 Å². The van der Waals surface area contributed by atoms with Gasteiger partial charge < -0.3 is 19.9 Å². The van der Waals surface area contributed by atoms with E-state index in [4.69, 9.17) is 19.9 Å². The monoisotopic (exact) mass is 281 g/mol. The molecule has 0 spiro atoms. The lowest BCUT2D eigenvalue weighted by Crippen LogP contribution is -2.18. The molecule has 0 aromatic heterocycles. The fraction of sp³-hybridized carbons (Fsp3) is 0.625. The predicted molar refractivity (Wildman–Crippen MR) is 81.4 cm³/mol. The van der Waals surface area contributed by atoms with E-state index in [2.05, 4.69) is 6.92 Å². The van der Waals surface area contributed by atoms with Crippen LogP contribution in [0.3, 0.4) is 0 Å². The summed E-state index contributed by atoms with van der Waals surface area (Å²) in [6.07, 6.45) is 4.82. The normalized spacial score (nSPS) is 12.2. The van der Waals surface area contributed by atoms with Gasteiger partial charge in [-0.15, -0.1) is 0 Å². The van der Waals surface area contributed by atoms with Crippen LogP contribution in [-0.4, -0.2) is 27.4 Å². The fourth-order valence-electron chi connectivity index (χ4n) is 2.06. The van der Waals surface area contributed by atoms with Crippen molar-refractivity contribution in [3.05, 3.63) is 23.8 Å². The second-order valence-corrected chi connectivity index (χ2v) is 4.85. The highest BCUT2D eigenvalue weighted by Crippen LogP contribution is 2.28. The van der Waals surface area contributed by atoms with Crippen LogP contribution in [-0.2, 0) is 4.74 Å². The molecule has 0 aliphatic rings. The van der Waals surface area contributed by atoms with Crippen molar-refractivity contribution in [2.24, 2.45) is 5.73 Å². The van der Waals surface area contributed by atoms with E-state index >= 15 is 0 Å². The minimum Gasteiger partial charge on any atom is -0.497 e. The number of hydrogen-bond acceptors (Lipinski definition) is 4. The third kappa shape index (κ3) is 5.39. The average molecular weight is 281 g/mol. The highest BCUT2D eigenvalue weighted by molar-refractivity contribution is 5.42. The summed E-state index contributed by atoms with van der Waals surface area (Å²) in [6, 6.07) is 5.49. The molecule has 1 atom stereocenters. The first-order chi connectivity index (χ1) is 9.72. The Morgan fingerprint density at radius 3 is 2.55 bits per heavy atom. The quantitative estimate of drug-likeness (QED) is 0.669. The zero-order valence-electron chi connectivity index (χ0n) is 12.9. The molecule has 0 radical (unpaired) electrons. The van der Waals surface area contributed by atoms with Crippen molar-refractivity contribution in [2.45, 2.75) is 38.6 Å². The largest absolute Gasteiger partial charge is 0.497 e. The van der Waals surface area contributed by atoms with Gasteiger partial charge >= 0.3 is 0 Å². The SMILES string of the molecule is CCCCCCOCC(N)c1ccc(OC)cc1OC. The first kappa shape index (κ1) is 16.8. The second-order valence-electron chi connectivity index (χ2n) is 4.85. The minimum absolute atomic E-state index is 0.179. The molecule has 114 valence electrons. The van der Waals surface area contributed by atoms with Crippen molar-refractivity contribution in [1.29, 1.82) is 0 Å². The third-order valence-corrected chi connectivity index (χ3v) is 3.28. The van der Waals surface area contributed by atoms with Crippen LogP contribution in [0.25, 0.3) is 0 Å². The lowest BCUT2D eigenvalue weighted by atomic mass is 10.1. The molecule has 0 bridgehead atoms. The van der Waals surface area contributed by atoms with Crippen molar-refractivity contribution in [3.63, 3.8) is 0 Å². The zero-order chi connectivity index (χ0) is 14.8. The number of benzene rings is 1. The number of methoxy groups -OCH3 is 2. The van der Waals surface area contributed by atoms with Gasteiger partial charge in [-0.05, 0) is 18.6 Å². The van der Waals surface area contributed by atoms with Crippen LogP contribution < -0.4 is 15.2 Å². The molecule has 0 amide bonds. The van der Waals surface area contributed by atoms with Crippen LogP contribution in [0.15, 0.2) is 18.2 Å². The molecule has 1 rings (SSSR count). The van der Waals surface area contributed by atoms with Gasteiger partial charge in [0.15, 0.2) is 0 Å². The number of hydrogen-bond donors (Lipinski definition) is 1. The highest BCUT2D eigenvalue weighted by Gasteiger charge is 2.13. The molecule has 20 heavy (non-hydrogen) atoms. The van der Waals surface area contributed by atoms with E-state index in [-0.39, 0.29) is 6.04 Å². The third-order valence-electron chi connectivity index (χ3n) is 3.28. The Morgan fingerprint density at radius 2 is 1.90 bits per heavy atom.